The molecule has 0 aromatic carbocycles. The fraction of sp³-hybridized carbons (Fsp3) is 0.700. The smallest absolute Gasteiger partial charge is 0.215 e. The highest BCUT2D eigenvalue weighted by Crippen LogP contribution is 2.35. The van der Waals surface area contributed by atoms with Crippen LogP contribution in [0.4, 0.5) is 0 Å². The molecule has 0 atom stereocenters. The van der Waals surface area contributed by atoms with Crippen LogP contribution in [-0.2, 0) is 15.3 Å². The summed E-state index contributed by atoms with van der Waals surface area (Å²) in [6, 6.07) is 1.81. The van der Waals surface area contributed by atoms with Gasteiger partial charge in [-0.3, -0.25) is 0 Å². The second-order valence-corrected chi connectivity index (χ2v) is 7.79. The minimum atomic E-state index is -0.724. The van der Waals surface area contributed by atoms with E-state index < -0.39 is 5.79 Å². The molecule has 0 radical (unpaired) electrons. The van der Waals surface area contributed by atoms with Crippen molar-refractivity contribution in [2.75, 3.05) is 20.3 Å². The number of hydrogen-bond donors (Lipinski definition) is 3. The van der Waals surface area contributed by atoms with Crippen molar-refractivity contribution >= 4 is 28.9 Å². The first-order valence-electron chi connectivity index (χ1n) is 10.3. The van der Waals surface area contributed by atoms with Gasteiger partial charge in [0, 0.05) is 25.2 Å². The van der Waals surface area contributed by atoms with E-state index >= 15 is 0 Å². The topological polar surface area (TPSA) is 101 Å². The molecule has 0 unspecified atom stereocenters. The van der Waals surface area contributed by atoms with Crippen molar-refractivity contribution in [3.05, 3.63) is 28.2 Å². The van der Waals surface area contributed by atoms with Crippen LogP contribution in [0, 0.1) is 0 Å². The normalized spacial score (nSPS) is 16.8. The Bertz CT molecular complexity index is 627. The minimum Gasteiger partial charge on any atom is -0.364 e. The molecule has 3 N–H and O–H groups in total. The molecule has 0 spiro atoms. The molecule has 1 saturated heterocycles. The van der Waals surface area contributed by atoms with Crippen molar-refractivity contribution in [2.45, 2.75) is 71.0 Å². The summed E-state index contributed by atoms with van der Waals surface area (Å²) in [5.74, 6) is -0.724. The molecule has 10 heteroatoms. The van der Waals surface area contributed by atoms with Crippen molar-refractivity contribution in [3.63, 3.8) is 0 Å². The molecule has 172 valence electrons. The SMILES string of the molecule is CCC/C(CCCCCCC1(c2ccon2)OCCO1)=N\C(Cl)=C(/C)Cl.CNNO. The van der Waals surface area contributed by atoms with Gasteiger partial charge in [-0.05, 0) is 32.6 Å². The fourth-order valence-electron chi connectivity index (χ4n) is 3.07. The largest absolute Gasteiger partial charge is 0.364 e. The van der Waals surface area contributed by atoms with E-state index in [0.29, 0.717) is 23.4 Å². The lowest BCUT2D eigenvalue weighted by Gasteiger charge is -2.24. The number of hydrogen-bond acceptors (Lipinski definition) is 8. The molecule has 0 bridgehead atoms. The summed E-state index contributed by atoms with van der Waals surface area (Å²) in [5.41, 5.74) is 5.77. The average Bonchev–Trinajstić information content (AvgIpc) is 3.43. The molecule has 1 aliphatic rings. The quantitative estimate of drug-likeness (QED) is 0.168. The molecule has 30 heavy (non-hydrogen) atoms. The molecule has 0 amide bonds. The van der Waals surface area contributed by atoms with Crippen LogP contribution in [-0.4, -0.2) is 36.3 Å². The molecule has 1 aromatic rings. The van der Waals surface area contributed by atoms with Gasteiger partial charge in [0.25, 0.3) is 0 Å². The Morgan fingerprint density at radius 1 is 1.20 bits per heavy atom. The number of hydrazine groups is 1. The van der Waals surface area contributed by atoms with E-state index in [-0.39, 0.29) is 0 Å². The Hall–Kier alpha value is -1.00. The van der Waals surface area contributed by atoms with Crippen molar-refractivity contribution in [1.29, 1.82) is 0 Å². The molecule has 0 aliphatic carbocycles. The van der Waals surface area contributed by atoms with Gasteiger partial charge in [-0.15, -0.1) is 5.59 Å². The number of nitrogens with zero attached hydrogens (tertiary/aromatic N) is 2. The zero-order valence-electron chi connectivity index (χ0n) is 18.0. The lowest BCUT2D eigenvalue weighted by Crippen LogP contribution is -2.27. The zero-order chi connectivity index (χ0) is 22.2. The molecular weight excluding hydrogens is 431 g/mol. The zero-order valence-corrected chi connectivity index (χ0v) is 19.6. The van der Waals surface area contributed by atoms with Crippen LogP contribution < -0.4 is 11.0 Å². The lowest BCUT2D eigenvalue weighted by molar-refractivity contribution is -0.175. The van der Waals surface area contributed by atoms with Gasteiger partial charge in [0.2, 0.25) is 5.79 Å². The first kappa shape index (κ1) is 27.0. The van der Waals surface area contributed by atoms with E-state index in [1.165, 1.54) is 0 Å². The Kier molecular flexibility index (Phi) is 14.2. The van der Waals surface area contributed by atoms with Crippen molar-refractivity contribution in [1.82, 2.24) is 16.2 Å². The molecule has 0 saturated carbocycles. The number of rotatable bonds is 12. The van der Waals surface area contributed by atoms with E-state index in [1.807, 2.05) is 6.07 Å². The standard InChI is InChI=1S/C19H28Cl2N2O3.CH6N2O/c1-3-8-16(22-18(21)15(2)20)9-6-4-5-7-11-19(24-13-14-25-19)17-10-12-26-23-17;1-2-3-4/h10,12H,3-9,11,13-14H2,1-2H3;2-4H,1H3/b18-15+,22-16+;. The molecule has 2 heterocycles. The molecule has 8 nitrogen and oxygen atoms in total. The third kappa shape index (κ3) is 9.87. The molecule has 2 rings (SSSR count). The van der Waals surface area contributed by atoms with E-state index in [2.05, 4.69) is 22.5 Å². The van der Waals surface area contributed by atoms with Gasteiger partial charge in [0.15, 0.2) is 0 Å². The van der Waals surface area contributed by atoms with Gasteiger partial charge in [-0.25, -0.2) is 10.4 Å². The van der Waals surface area contributed by atoms with Crippen LogP contribution >= 0.6 is 23.2 Å². The third-order valence-corrected chi connectivity index (χ3v) is 5.14. The van der Waals surface area contributed by atoms with Crippen LogP contribution in [0.3, 0.4) is 0 Å². The van der Waals surface area contributed by atoms with Gasteiger partial charge >= 0.3 is 0 Å². The highest BCUT2D eigenvalue weighted by atomic mass is 35.5. The van der Waals surface area contributed by atoms with Crippen molar-refractivity contribution < 1.29 is 19.2 Å². The third-order valence-electron chi connectivity index (χ3n) is 4.49. The number of unbranched alkanes of at least 4 members (excludes halogenated alkanes) is 3. The van der Waals surface area contributed by atoms with Gasteiger partial charge in [0.1, 0.15) is 17.1 Å². The molecule has 1 aromatic heterocycles. The minimum absolute atomic E-state index is 0.403. The Morgan fingerprint density at radius 3 is 2.40 bits per heavy atom. The summed E-state index contributed by atoms with van der Waals surface area (Å²) in [7, 11) is 1.57. The maximum atomic E-state index is 7.51. The Morgan fingerprint density at radius 2 is 1.87 bits per heavy atom. The van der Waals surface area contributed by atoms with Crippen LogP contribution in [0.15, 0.2) is 32.0 Å². The summed E-state index contributed by atoms with van der Waals surface area (Å²) in [6.45, 7) is 5.09. The molecular formula is C20H34Cl2N4O4. The van der Waals surface area contributed by atoms with E-state index in [1.54, 1.807) is 25.8 Å². The monoisotopic (exact) mass is 464 g/mol. The Labute approximate surface area is 188 Å². The maximum Gasteiger partial charge on any atom is 0.215 e. The van der Waals surface area contributed by atoms with E-state index in [4.69, 9.17) is 42.4 Å². The number of nitrogens with one attached hydrogen (secondary N) is 2. The Balaban J connectivity index is 0.00000103. The average molecular weight is 465 g/mol. The second-order valence-electron chi connectivity index (χ2n) is 6.86. The first-order valence-corrected chi connectivity index (χ1v) is 11.1. The highest BCUT2D eigenvalue weighted by molar-refractivity contribution is 6.39. The predicted octanol–water partition coefficient (Wildman–Crippen LogP) is 5.22. The van der Waals surface area contributed by atoms with Gasteiger partial charge < -0.3 is 19.2 Å². The number of halogens is 2. The van der Waals surface area contributed by atoms with Gasteiger partial charge in [-0.1, -0.05) is 54.5 Å². The summed E-state index contributed by atoms with van der Waals surface area (Å²) >= 11 is 12.0. The van der Waals surface area contributed by atoms with Crippen LogP contribution in [0.1, 0.15) is 70.9 Å². The maximum absolute atomic E-state index is 7.51. The van der Waals surface area contributed by atoms with Crippen molar-refractivity contribution in [3.8, 4) is 0 Å². The lowest BCUT2D eigenvalue weighted by atomic mass is 10.0. The van der Waals surface area contributed by atoms with Crippen LogP contribution in [0.5, 0.6) is 0 Å². The van der Waals surface area contributed by atoms with Crippen LogP contribution in [0.2, 0.25) is 0 Å². The van der Waals surface area contributed by atoms with E-state index in [9.17, 15) is 0 Å². The number of allylic oxidation sites excluding steroid dienone is 1. The van der Waals surface area contributed by atoms with E-state index in [0.717, 1.165) is 62.8 Å². The van der Waals surface area contributed by atoms with Gasteiger partial charge in [-0.2, -0.15) is 0 Å². The predicted molar refractivity (Wildman–Crippen MR) is 119 cm³/mol. The second kappa shape index (κ2) is 15.8. The number of aromatic nitrogens is 1. The summed E-state index contributed by atoms with van der Waals surface area (Å²) in [4.78, 5) is 4.46. The highest BCUT2D eigenvalue weighted by Gasteiger charge is 2.40. The summed E-state index contributed by atoms with van der Waals surface area (Å²) in [6.07, 6.45) is 9.63. The van der Waals surface area contributed by atoms with Crippen molar-refractivity contribution in [2.24, 2.45) is 4.99 Å². The number of aliphatic imine (C=N–C) groups is 1. The number of ether oxygens (including phenoxy) is 2. The van der Waals surface area contributed by atoms with Crippen LogP contribution in [0.25, 0.3) is 0 Å². The summed E-state index contributed by atoms with van der Waals surface area (Å²) < 4.78 is 16.6. The molecule has 1 aliphatic heterocycles. The first-order chi connectivity index (χ1) is 14.5. The van der Waals surface area contributed by atoms with Gasteiger partial charge in [0.05, 0.1) is 18.2 Å². The summed E-state index contributed by atoms with van der Waals surface area (Å²) in [5, 5.41) is 12.5. The molecule has 1 fully saturated rings. The fourth-order valence-corrected chi connectivity index (χ4v) is 3.23.